The number of hydrogen-bond acceptors (Lipinski definition) is 4. The molecule has 3 aromatic carbocycles. The van der Waals surface area contributed by atoms with Crippen molar-refractivity contribution in [2.45, 2.75) is 25.9 Å². The van der Waals surface area contributed by atoms with Crippen LogP contribution in [0.1, 0.15) is 42.0 Å². The van der Waals surface area contributed by atoms with Gasteiger partial charge in [0.1, 0.15) is 18.0 Å². The van der Waals surface area contributed by atoms with Gasteiger partial charge in [-0.2, -0.15) is 13.2 Å². The molecule has 3 aromatic rings. The Balaban J connectivity index is 0.000000230. The van der Waals surface area contributed by atoms with Gasteiger partial charge in [0.05, 0.1) is 17.1 Å². The van der Waals surface area contributed by atoms with E-state index in [1.165, 1.54) is 42.5 Å². The molecule has 0 atom stereocenters. The first-order valence-electron chi connectivity index (χ1n) is 11.4. The molecule has 0 aliphatic carbocycles. The maximum Gasteiger partial charge on any atom is 0.416 e. The normalized spacial score (nSPS) is 13.8. The molecule has 4 N–H and O–H groups in total. The van der Waals surface area contributed by atoms with Gasteiger partial charge >= 0.3 is 6.18 Å². The second kappa shape index (κ2) is 12.5. The number of nitrogens with zero attached hydrogens (tertiary/aromatic N) is 3. The molecule has 1 aliphatic heterocycles. The number of rotatable bonds is 6. The number of nitrogens with two attached hydrogens (primary N) is 1. The molecular formula is C27H26F4N6S. The Morgan fingerprint density at radius 3 is 2.21 bits per heavy atom. The topological polar surface area (TPSA) is 102 Å². The van der Waals surface area contributed by atoms with Crippen LogP contribution in [0, 0.1) is 16.6 Å². The third-order valence-corrected chi connectivity index (χ3v) is 6.33. The molecule has 0 amide bonds. The maximum absolute atomic E-state index is 13.1. The van der Waals surface area contributed by atoms with E-state index >= 15 is 0 Å². The van der Waals surface area contributed by atoms with Gasteiger partial charge in [-0.25, -0.2) is 14.4 Å². The van der Waals surface area contributed by atoms with Crippen LogP contribution >= 0.6 is 11.8 Å². The number of alkyl halides is 3. The van der Waals surface area contributed by atoms with Crippen molar-refractivity contribution in [2.24, 2.45) is 15.7 Å². The van der Waals surface area contributed by atoms with Gasteiger partial charge in [0.25, 0.3) is 0 Å². The fourth-order valence-corrected chi connectivity index (χ4v) is 3.95. The van der Waals surface area contributed by atoms with E-state index in [-0.39, 0.29) is 17.6 Å². The number of hydrogen-bond donors (Lipinski definition) is 3. The number of thioether (sulfide) groups is 1. The average molecular weight is 543 g/mol. The van der Waals surface area contributed by atoms with E-state index in [1.807, 2.05) is 18.7 Å². The van der Waals surface area contributed by atoms with Gasteiger partial charge in [0.15, 0.2) is 5.17 Å². The molecule has 11 heteroatoms. The molecule has 0 saturated carbocycles. The summed E-state index contributed by atoms with van der Waals surface area (Å²) in [6.45, 7) is 4.07. The zero-order chi connectivity index (χ0) is 27.9. The lowest BCUT2D eigenvalue weighted by Crippen LogP contribution is -2.38. The third-order valence-electron chi connectivity index (χ3n) is 5.45. The van der Waals surface area contributed by atoms with Crippen molar-refractivity contribution < 1.29 is 17.6 Å². The SMILES string of the molecule is CC(C)c1cc(F)ccc1N1CSC1=N.N=Cc1ccc(C(N)=NC=Nc2ccc(C(F)(F)F)cc2)cc1. The van der Waals surface area contributed by atoms with Crippen molar-refractivity contribution in [2.75, 3.05) is 10.8 Å². The lowest BCUT2D eigenvalue weighted by Gasteiger charge is -2.34. The molecule has 38 heavy (non-hydrogen) atoms. The maximum atomic E-state index is 13.1. The monoisotopic (exact) mass is 542 g/mol. The summed E-state index contributed by atoms with van der Waals surface area (Å²) < 4.78 is 50.4. The Morgan fingerprint density at radius 2 is 1.71 bits per heavy atom. The van der Waals surface area contributed by atoms with Crippen LogP contribution in [-0.4, -0.2) is 29.4 Å². The van der Waals surface area contributed by atoms with Crippen molar-refractivity contribution in [3.05, 3.63) is 94.8 Å². The molecule has 4 rings (SSSR count). The summed E-state index contributed by atoms with van der Waals surface area (Å²) >= 11 is 1.50. The fourth-order valence-electron chi connectivity index (χ4n) is 3.33. The summed E-state index contributed by atoms with van der Waals surface area (Å²) in [5.41, 5.74) is 8.73. The molecule has 0 bridgehead atoms. The van der Waals surface area contributed by atoms with Crippen molar-refractivity contribution in [1.29, 1.82) is 10.8 Å². The first-order valence-corrected chi connectivity index (χ1v) is 12.4. The summed E-state index contributed by atoms with van der Waals surface area (Å²) in [6.07, 6.45) is -1.97. The Hall–Kier alpha value is -3.99. The number of halogens is 4. The summed E-state index contributed by atoms with van der Waals surface area (Å²) in [4.78, 5) is 9.77. The summed E-state index contributed by atoms with van der Waals surface area (Å²) in [5.74, 6) is 1.08. The van der Waals surface area contributed by atoms with Crippen LogP contribution in [-0.2, 0) is 6.18 Å². The number of aliphatic imine (C=N–C) groups is 2. The van der Waals surface area contributed by atoms with E-state index in [2.05, 4.69) is 9.98 Å². The van der Waals surface area contributed by atoms with E-state index in [0.29, 0.717) is 16.4 Å². The molecule has 6 nitrogen and oxygen atoms in total. The molecule has 1 aliphatic rings. The zero-order valence-electron chi connectivity index (χ0n) is 20.6. The summed E-state index contributed by atoms with van der Waals surface area (Å²) in [7, 11) is 0. The van der Waals surface area contributed by atoms with Crippen molar-refractivity contribution >= 4 is 46.7 Å². The van der Waals surface area contributed by atoms with Crippen molar-refractivity contribution in [3.8, 4) is 0 Å². The molecule has 0 radical (unpaired) electrons. The number of amidine groups is 2. The second-order valence-electron chi connectivity index (χ2n) is 8.43. The molecule has 1 saturated heterocycles. The van der Waals surface area contributed by atoms with E-state index in [0.717, 1.165) is 34.8 Å². The lowest BCUT2D eigenvalue weighted by atomic mass is 10.0. The van der Waals surface area contributed by atoms with Crippen molar-refractivity contribution in [1.82, 2.24) is 0 Å². The van der Waals surface area contributed by atoms with Crippen LogP contribution in [0.15, 0.2) is 76.7 Å². The van der Waals surface area contributed by atoms with Gasteiger partial charge in [-0.1, -0.05) is 49.9 Å². The molecule has 198 valence electrons. The standard InChI is InChI=1S/C16H13F3N4.C11H13FN2S/c17-16(18,19)13-5-7-14(8-6-13)22-10-23-15(21)12-3-1-11(9-20)2-4-12;1-7(2)9-5-8(12)3-4-10(9)14-6-15-11(14)13/h1-10,20H,(H2,21,22,23);3-5,7,13H,6H2,1-2H3. The highest BCUT2D eigenvalue weighted by molar-refractivity contribution is 8.16. The quantitative estimate of drug-likeness (QED) is 0.175. The van der Waals surface area contributed by atoms with E-state index in [1.54, 1.807) is 36.4 Å². The fraction of sp³-hybridized carbons (Fsp3) is 0.185. The van der Waals surface area contributed by atoms with Crippen LogP contribution < -0.4 is 10.6 Å². The van der Waals surface area contributed by atoms with E-state index < -0.39 is 11.7 Å². The number of benzene rings is 3. The highest BCUT2D eigenvalue weighted by Crippen LogP contribution is 2.35. The zero-order valence-corrected chi connectivity index (χ0v) is 21.4. The minimum Gasteiger partial charge on any atom is -0.383 e. The Morgan fingerprint density at radius 1 is 1.05 bits per heavy atom. The smallest absolute Gasteiger partial charge is 0.383 e. The number of anilines is 1. The largest absolute Gasteiger partial charge is 0.416 e. The first-order chi connectivity index (χ1) is 18.0. The minimum atomic E-state index is -4.37. The van der Waals surface area contributed by atoms with Crippen LogP contribution in [0.2, 0.25) is 0 Å². The Labute approximate surface area is 222 Å². The van der Waals surface area contributed by atoms with Gasteiger partial charge in [-0.15, -0.1) is 0 Å². The van der Waals surface area contributed by atoms with Crippen LogP contribution in [0.25, 0.3) is 0 Å². The lowest BCUT2D eigenvalue weighted by molar-refractivity contribution is -0.137. The van der Waals surface area contributed by atoms with Crippen LogP contribution in [0.5, 0.6) is 0 Å². The van der Waals surface area contributed by atoms with E-state index in [4.69, 9.17) is 16.6 Å². The predicted molar refractivity (Wildman–Crippen MR) is 148 cm³/mol. The Bertz CT molecular complexity index is 1330. The van der Waals surface area contributed by atoms with E-state index in [9.17, 15) is 17.6 Å². The predicted octanol–water partition coefficient (Wildman–Crippen LogP) is 7.16. The highest BCUT2D eigenvalue weighted by Gasteiger charge is 2.30. The molecule has 0 aromatic heterocycles. The molecular weight excluding hydrogens is 516 g/mol. The van der Waals surface area contributed by atoms with Gasteiger partial charge in [-0.3, -0.25) is 5.41 Å². The Kier molecular flexibility index (Phi) is 9.40. The first kappa shape index (κ1) is 28.6. The summed E-state index contributed by atoms with van der Waals surface area (Å²) in [6, 6.07) is 16.1. The average Bonchev–Trinajstić information content (AvgIpc) is 2.88. The van der Waals surface area contributed by atoms with Gasteiger partial charge < -0.3 is 16.0 Å². The molecule has 1 fully saturated rings. The van der Waals surface area contributed by atoms with Gasteiger partial charge in [0.2, 0.25) is 0 Å². The van der Waals surface area contributed by atoms with Crippen molar-refractivity contribution in [3.63, 3.8) is 0 Å². The molecule has 0 unspecified atom stereocenters. The van der Waals surface area contributed by atoms with Crippen LogP contribution in [0.3, 0.4) is 0 Å². The minimum absolute atomic E-state index is 0.206. The molecule has 0 spiro atoms. The second-order valence-corrected chi connectivity index (χ2v) is 9.37. The van der Waals surface area contributed by atoms with Gasteiger partial charge in [0, 0.05) is 17.5 Å². The third kappa shape index (κ3) is 7.51. The van der Waals surface area contributed by atoms with Crippen LogP contribution in [0.4, 0.5) is 28.9 Å². The molecule has 1 heterocycles. The number of nitrogens with one attached hydrogen (secondary N) is 2. The van der Waals surface area contributed by atoms with Gasteiger partial charge in [-0.05, 0) is 59.5 Å². The highest BCUT2D eigenvalue weighted by atomic mass is 32.2. The summed E-state index contributed by atoms with van der Waals surface area (Å²) in [5, 5.41) is 15.3.